The number of rotatable bonds is 6. The zero-order valence-corrected chi connectivity index (χ0v) is 23.1. The van der Waals surface area contributed by atoms with E-state index in [-0.39, 0.29) is 48.5 Å². The van der Waals surface area contributed by atoms with Crippen LogP contribution < -0.4 is 15.4 Å². The van der Waals surface area contributed by atoms with Crippen molar-refractivity contribution in [2.45, 2.75) is 90.4 Å². The number of nitrogens with one attached hydrogen (secondary N) is 2. The minimum atomic E-state index is -0.385. The molecule has 37 heavy (non-hydrogen) atoms. The first-order chi connectivity index (χ1) is 17.8. The number of ether oxygens (including phenoxy) is 2. The van der Waals surface area contributed by atoms with Crippen LogP contribution in [0.2, 0.25) is 0 Å². The van der Waals surface area contributed by atoms with E-state index in [0.717, 1.165) is 44.9 Å². The number of fused-ring (bicyclic) bond motifs is 1. The number of aliphatic hydroxyl groups is 1. The first kappa shape index (κ1) is 29.4. The van der Waals surface area contributed by atoms with Gasteiger partial charge in [0.2, 0.25) is 5.91 Å². The van der Waals surface area contributed by atoms with E-state index in [2.05, 4.69) is 17.6 Å². The average Bonchev–Trinajstić information content (AvgIpc) is 2.90. The van der Waals surface area contributed by atoms with Gasteiger partial charge < -0.3 is 30.1 Å². The smallest absolute Gasteiger partial charge is 0.258 e. The van der Waals surface area contributed by atoms with Crippen molar-refractivity contribution in [2.24, 2.45) is 11.8 Å². The van der Waals surface area contributed by atoms with Gasteiger partial charge in [-0.25, -0.2) is 0 Å². The fraction of sp³-hybridized carbons (Fsp3) is 0.724. The summed E-state index contributed by atoms with van der Waals surface area (Å²) in [6, 6.07) is 4.97. The lowest BCUT2D eigenvalue weighted by atomic mass is 9.88. The van der Waals surface area contributed by atoms with Gasteiger partial charge in [-0.1, -0.05) is 26.2 Å². The molecule has 1 aromatic carbocycles. The Kier molecular flexibility index (Phi) is 11.7. The van der Waals surface area contributed by atoms with Gasteiger partial charge in [0.25, 0.3) is 5.91 Å². The highest BCUT2D eigenvalue weighted by Gasteiger charge is 2.30. The number of hydrogen-bond donors (Lipinski definition) is 3. The van der Waals surface area contributed by atoms with Crippen molar-refractivity contribution in [2.75, 3.05) is 38.7 Å². The molecule has 1 saturated carbocycles. The van der Waals surface area contributed by atoms with Crippen LogP contribution in [-0.2, 0) is 9.53 Å². The summed E-state index contributed by atoms with van der Waals surface area (Å²) in [5.74, 6) is 0.375. The fourth-order valence-electron chi connectivity index (χ4n) is 5.30. The van der Waals surface area contributed by atoms with E-state index in [1.807, 2.05) is 27.0 Å². The van der Waals surface area contributed by atoms with Crippen LogP contribution in [0, 0.1) is 11.8 Å². The summed E-state index contributed by atoms with van der Waals surface area (Å²) in [6.07, 6.45) is 7.79. The summed E-state index contributed by atoms with van der Waals surface area (Å²) in [6.45, 7) is 7.57. The Bertz CT molecular complexity index is 873. The monoisotopic (exact) mass is 517 g/mol. The molecule has 0 radical (unpaired) electrons. The lowest BCUT2D eigenvalue weighted by Crippen LogP contribution is -2.47. The number of hydrogen-bond acceptors (Lipinski definition) is 6. The first-order valence-corrected chi connectivity index (χ1v) is 14.1. The Morgan fingerprint density at radius 1 is 1.14 bits per heavy atom. The maximum atomic E-state index is 14.0. The predicted octanol–water partition coefficient (Wildman–Crippen LogP) is 4.22. The highest BCUT2D eigenvalue weighted by molar-refractivity contribution is 6.00. The summed E-state index contributed by atoms with van der Waals surface area (Å²) in [4.78, 5) is 28.7. The largest absolute Gasteiger partial charge is 0.490 e. The maximum absolute atomic E-state index is 14.0. The molecule has 3 rings (SSSR count). The SMILES string of the molecule is CNC[C@@H]1OCCCC[C@H](C)Oc2ccc(NC(=O)C3CCCCC3)cc2C(=O)N([C@H](C)CO)C[C@@H]1C. The summed E-state index contributed by atoms with van der Waals surface area (Å²) < 4.78 is 12.5. The lowest BCUT2D eigenvalue weighted by Gasteiger charge is -2.34. The molecule has 8 heteroatoms. The number of nitrogens with zero attached hydrogens (tertiary/aromatic N) is 1. The highest BCUT2D eigenvalue weighted by Crippen LogP contribution is 2.30. The molecule has 208 valence electrons. The van der Waals surface area contributed by atoms with Crippen molar-refractivity contribution in [1.82, 2.24) is 10.2 Å². The number of carbonyl (C=O) groups is 2. The van der Waals surface area contributed by atoms with Gasteiger partial charge in [-0.2, -0.15) is 0 Å². The number of anilines is 1. The van der Waals surface area contributed by atoms with Crippen molar-refractivity contribution in [3.05, 3.63) is 23.8 Å². The van der Waals surface area contributed by atoms with E-state index in [1.54, 1.807) is 17.0 Å². The van der Waals surface area contributed by atoms with Crippen molar-refractivity contribution in [3.63, 3.8) is 0 Å². The van der Waals surface area contributed by atoms with Crippen molar-refractivity contribution in [1.29, 1.82) is 0 Å². The van der Waals surface area contributed by atoms with E-state index in [9.17, 15) is 14.7 Å². The molecule has 1 aromatic rings. The van der Waals surface area contributed by atoms with Crippen molar-refractivity contribution in [3.8, 4) is 5.75 Å². The molecule has 0 unspecified atom stereocenters. The number of amides is 2. The first-order valence-electron chi connectivity index (χ1n) is 14.1. The maximum Gasteiger partial charge on any atom is 0.258 e. The van der Waals surface area contributed by atoms with Gasteiger partial charge >= 0.3 is 0 Å². The van der Waals surface area contributed by atoms with E-state index < -0.39 is 0 Å². The molecule has 0 spiro atoms. The Morgan fingerprint density at radius 2 is 1.86 bits per heavy atom. The molecular formula is C29H47N3O5. The molecule has 1 fully saturated rings. The normalized spacial score (nSPS) is 25.5. The molecule has 1 aliphatic carbocycles. The van der Waals surface area contributed by atoms with E-state index in [1.165, 1.54) is 6.42 Å². The second-order valence-electron chi connectivity index (χ2n) is 10.9. The number of aliphatic hydroxyl groups excluding tert-OH is 1. The van der Waals surface area contributed by atoms with Crippen LogP contribution in [0.15, 0.2) is 18.2 Å². The third-order valence-electron chi connectivity index (χ3n) is 7.70. The van der Waals surface area contributed by atoms with Crippen molar-refractivity contribution < 1.29 is 24.2 Å². The number of carbonyl (C=O) groups excluding carboxylic acids is 2. The van der Waals surface area contributed by atoms with Gasteiger partial charge in [-0.15, -0.1) is 0 Å². The second-order valence-corrected chi connectivity index (χ2v) is 10.9. The van der Waals surface area contributed by atoms with Crippen LogP contribution >= 0.6 is 0 Å². The Hall–Kier alpha value is -2.16. The van der Waals surface area contributed by atoms with Gasteiger partial charge in [-0.05, 0) is 71.2 Å². The molecule has 1 heterocycles. The van der Waals surface area contributed by atoms with Crippen LogP contribution in [0.25, 0.3) is 0 Å². The number of likely N-dealkylation sites (N-methyl/N-ethyl adjacent to an activating group) is 1. The minimum absolute atomic E-state index is 0.0172. The standard InChI is InChI=1S/C29H47N3O5/c1-20-18-32(21(2)19-33)29(35)25-16-24(31-28(34)23-11-6-5-7-12-23)13-14-26(25)37-22(3)10-8-9-15-36-27(20)17-30-4/h13-14,16,20-23,27,30,33H,5-12,15,17-19H2,1-4H3,(H,31,34)/t20-,21+,22-,27-/m0/s1. The molecule has 0 saturated heterocycles. The van der Waals surface area contributed by atoms with Gasteiger partial charge in [0, 0.05) is 37.2 Å². The summed E-state index contributed by atoms with van der Waals surface area (Å²) in [5, 5.41) is 16.3. The highest BCUT2D eigenvalue weighted by atomic mass is 16.5. The van der Waals surface area contributed by atoms with E-state index in [0.29, 0.717) is 36.7 Å². The topological polar surface area (TPSA) is 100 Å². The van der Waals surface area contributed by atoms with Crippen molar-refractivity contribution >= 4 is 17.5 Å². The predicted molar refractivity (Wildman–Crippen MR) is 146 cm³/mol. The quantitative estimate of drug-likeness (QED) is 0.523. The van der Waals surface area contributed by atoms with Crippen LogP contribution in [0.4, 0.5) is 5.69 Å². The van der Waals surface area contributed by atoms with Gasteiger partial charge in [0.05, 0.1) is 30.4 Å². The molecule has 0 bridgehead atoms. The molecule has 8 nitrogen and oxygen atoms in total. The van der Waals surface area contributed by atoms with Crippen LogP contribution in [0.1, 0.15) is 82.5 Å². The average molecular weight is 518 g/mol. The third-order valence-corrected chi connectivity index (χ3v) is 7.70. The van der Waals surface area contributed by atoms with Crippen LogP contribution in [-0.4, -0.2) is 73.4 Å². The minimum Gasteiger partial charge on any atom is -0.490 e. The molecular weight excluding hydrogens is 470 g/mol. The number of benzene rings is 1. The molecule has 2 amide bonds. The summed E-state index contributed by atoms with van der Waals surface area (Å²) in [5.41, 5.74) is 1.00. The van der Waals surface area contributed by atoms with Gasteiger partial charge in [0.1, 0.15) is 5.75 Å². The van der Waals surface area contributed by atoms with E-state index in [4.69, 9.17) is 9.47 Å². The van der Waals surface area contributed by atoms with Gasteiger partial charge in [0.15, 0.2) is 0 Å². The zero-order chi connectivity index (χ0) is 26.8. The zero-order valence-electron chi connectivity index (χ0n) is 23.1. The third kappa shape index (κ3) is 8.42. The fourth-order valence-corrected chi connectivity index (χ4v) is 5.30. The summed E-state index contributed by atoms with van der Waals surface area (Å²) in [7, 11) is 1.90. The van der Waals surface area contributed by atoms with Crippen LogP contribution in [0.3, 0.4) is 0 Å². The summed E-state index contributed by atoms with van der Waals surface area (Å²) >= 11 is 0. The lowest BCUT2D eigenvalue weighted by molar-refractivity contribution is -0.120. The Morgan fingerprint density at radius 3 is 2.57 bits per heavy atom. The molecule has 1 aliphatic heterocycles. The molecule has 0 aromatic heterocycles. The molecule has 3 N–H and O–H groups in total. The molecule has 2 aliphatic rings. The molecule has 4 atom stereocenters. The van der Waals surface area contributed by atoms with Gasteiger partial charge in [-0.3, -0.25) is 9.59 Å². The second kappa shape index (κ2) is 14.7. The Labute approximate surface area is 222 Å². The van der Waals surface area contributed by atoms with Crippen LogP contribution in [0.5, 0.6) is 5.75 Å². The van der Waals surface area contributed by atoms with E-state index >= 15 is 0 Å². The Balaban J connectivity index is 1.93.